The SMILES string of the molecule is Cc1ccc(C(=O)COC(=O)[C@H](Cc2c[nH]c3ccccc23)NC(=O)C23CC4CC(CC(C4)C2)C3)cc1. The fraction of sp³-hybridized carbons (Fsp3) is 0.452. The van der Waals surface area contributed by atoms with Crippen LogP contribution >= 0.6 is 0 Å². The lowest BCUT2D eigenvalue weighted by Gasteiger charge is -2.55. The summed E-state index contributed by atoms with van der Waals surface area (Å²) in [6.07, 6.45) is 8.69. The number of nitrogens with one attached hydrogen (secondary N) is 2. The predicted molar refractivity (Wildman–Crippen MR) is 141 cm³/mol. The zero-order valence-electron chi connectivity index (χ0n) is 21.3. The Bertz CT molecular complexity index is 1300. The molecule has 1 amide bonds. The van der Waals surface area contributed by atoms with Crippen molar-refractivity contribution >= 4 is 28.6 Å². The molecule has 1 atom stereocenters. The zero-order chi connectivity index (χ0) is 25.6. The van der Waals surface area contributed by atoms with Crippen LogP contribution in [-0.2, 0) is 20.7 Å². The number of ether oxygens (including phenoxy) is 1. The molecule has 0 unspecified atom stereocenters. The van der Waals surface area contributed by atoms with Gasteiger partial charge in [-0.2, -0.15) is 0 Å². The van der Waals surface area contributed by atoms with Crippen LogP contribution in [0, 0.1) is 30.1 Å². The monoisotopic (exact) mass is 498 g/mol. The summed E-state index contributed by atoms with van der Waals surface area (Å²) in [5.74, 6) is 1.04. The third-order valence-corrected chi connectivity index (χ3v) is 8.93. The summed E-state index contributed by atoms with van der Waals surface area (Å²) in [6.45, 7) is 1.61. The van der Waals surface area contributed by atoms with Crippen molar-refractivity contribution < 1.29 is 19.1 Å². The van der Waals surface area contributed by atoms with Crippen molar-refractivity contribution in [2.45, 2.75) is 57.9 Å². The van der Waals surface area contributed by atoms with Gasteiger partial charge in [-0.1, -0.05) is 48.0 Å². The number of aromatic nitrogens is 1. The molecule has 2 aromatic carbocycles. The van der Waals surface area contributed by atoms with E-state index in [1.165, 1.54) is 19.3 Å². The van der Waals surface area contributed by atoms with Gasteiger partial charge in [-0.05, 0) is 74.8 Å². The van der Waals surface area contributed by atoms with E-state index >= 15 is 0 Å². The molecule has 6 nitrogen and oxygen atoms in total. The second kappa shape index (κ2) is 9.47. The molecule has 4 fully saturated rings. The molecule has 192 valence electrons. The third kappa shape index (κ3) is 4.70. The van der Waals surface area contributed by atoms with Crippen molar-refractivity contribution in [1.29, 1.82) is 0 Å². The number of esters is 1. The molecule has 1 aromatic heterocycles. The smallest absolute Gasteiger partial charge is 0.329 e. The highest BCUT2D eigenvalue weighted by Gasteiger charge is 2.55. The molecule has 6 heteroatoms. The lowest BCUT2D eigenvalue weighted by molar-refractivity contribution is -0.153. The quantitative estimate of drug-likeness (QED) is 0.332. The largest absolute Gasteiger partial charge is 0.456 e. The Morgan fingerprint density at radius 1 is 0.973 bits per heavy atom. The van der Waals surface area contributed by atoms with Crippen molar-refractivity contribution in [1.82, 2.24) is 10.3 Å². The molecule has 0 radical (unpaired) electrons. The number of Topliss-reactive ketones (excluding diaryl/α,β-unsaturated/α-hetero) is 1. The second-order valence-electron chi connectivity index (χ2n) is 11.7. The first-order valence-electron chi connectivity index (χ1n) is 13.5. The number of aromatic amines is 1. The van der Waals surface area contributed by atoms with Gasteiger partial charge in [-0.25, -0.2) is 4.79 Å². The van der Waals surface area contributed by atoms with Crippen LogP contribution in [0.1, 0.15) is 60.0 Å². The molecule has 4 aliphatic carbocycles. The van der Waals surface area contributed by atoms with Gasteiger partial charge in [-0.3, -0.25) is 9.59 Å². The lowest BCUT2D eigenvalue weighted by atomic mass is 9.49. The standard InChI is InChI=1S/C31H34N2O4/c1-19-6-8-23(9-7-19)28(34)18-37-29(35)27(13-24-17-32-26-5-3-2-4-25(24)26)33-30(36)31-14-20-10-21(15-31)12-22(11-20)16-31/h2-9,17,20-22,27,32H,10-16,18H2,1H3,(H,33,36)/t20?,21?,22?,27-,31?/m0/s1. The van der Waals surface area contributed by atoms with Crippen LogP contribution in [0.15, 0.2) is 54.7 Å². The number of hydrogen-bond donors (Lipinski definition) is 2. The maximum Gasteiger partial charge on any atom is 0.329 e. The van der Waals surface area contributed by atoms with E-state index in [1.807, 2.05) is 49.5 Å². The van der Waals surface area contributed by atoms with E-state index in [2.05, 4.69) is 10.3 Å². The predicted octanol–water partition coefficient (Wildman–Crippen LogP) is 5.15. The summed E-state index contributed by atoms with van der Waals surface area (Å²) in [7, 11) is 0. The summed E-state index contributed by atoms with van der Waals surface area (Å²) in [6, 6.07) is 14.3. The molecule has 4 bridgehead atoms. The molecule has 4 saturated carbocycles. The fourth-order valence-corrected chi connectivity index (χ4v) is 7.47. The molecular weight excluding hydrogens is 464 g/mol. The summed E-state index contributed by atoms with van der Waals surface area (Å²) in [5, 5.41) is 4.12. The van der Waals surface area contributed by atoms with Gasteiger partial charge >= 0.3 is 5.97 Å². The van der Waals surface area contributed by atoms with Crippen LogP contribution in [0.4, 0.5) is 0 Å². The molecule has 2 N–H and O–H groups in total. The van der Waals surface area contributed by atoms with E-state index in [0.29, 0.717) is 29.7 Å². The number of rotatable bonds is 8. The topological polar surface area (TPSA) is 88.3 Å². The Labute approximate surface area is 217 Å². The zero-order valence-corrected chi connectivity index (χ0v) is 21.3. The Morgan fingerprint density at radius 3 is 2.30 bits per heavy atom. The van der Waals surface area contributed by atoms with E-state index in [9.17, 15) is 14.4 Å². The van der Waals surface area contributed by atoms with Gasteiger partial charge in [0.25, 0.3) is 0 Å². The highest BCUT2D eigenvalue weighted by Crippen LogP contribution is 2.60. The van der Waals surface area contributed by atoms with Gasteiger partial charge in [0.1, 0.15) is 6.04 Å². The number of aryl methyl sites for hydroxylation is 1. The molecule has 7 rings (SSSR count). The van der Waals surface area contributed by atoms with Crippen LogP contribution < -0.4 is 5.32 Å². The summed E-state index contributed by atoms with van der Waals surface area (Å²) in [4.78, 5) is 43.1. The highest BCUT2D eigenvalue weighted by molar-refractivity contribution is 5.98. The van der Waals surface area contributed by atoms with Crippen molar-refractivity contribution in [3.63, 3.8) is 0 Å². The van der Waals surface area contributed by atoms with Gasteiger partial charge in [0.2, 0.25) is 5.91 Å². The number of amides is 1. The van der Waals surface area contributed by atoms with Gasteiger partial charge < -0.3 is 15.0 Å². The fourth-order valence-electron chi connectivity index (χ4n) is 7.47. The Hall–Kier alpha value is -3.41. The van der Waals surface area contributed by atoms with Crippen LogP contribution in [0.25, 0.3) is 10.9 Å². The van der Waals surface area contributed by atoms with Crippen LogP contribution in [0.3, 0.4) is 0 Å². The molecule has 0 aliphatic heterocycles. The number of H-pyrrole nitrogens is 1. The first-order valence-corrected chi connectivity index (χ1v) is 13.5. The second-order valence-corrected chi connectivity index (χ2v) is 11.7. The minimum absolute atomic E-state index is 0.0155. The maximum atomic E-state index is 13.8. The number of carbonyl (C=O) groups is 3. The van der Waals surface area contributed by atoms with E-state index < -0.39 is 12.0 Å². The summed E-state index contributed by atoms with van der Waals surface area (Å²) < 4.78 is 5.52. The number of benzene rings is 2. The summed E-state index contributed by atoms with van der Waals surface area (Å²) >= 11 is 0. The van der Waals surface area contributed by atoms with Gasteiger partial charge in [0, 0.05) is 34.5 Å². The number of hydrogen-bond acceptors (Lipinski definition) is 4. The minimum atomic E-state index is -0.856. The average molecular weight is 499 g/mol. The third-order valence-electron chi connectivity index (χ3n) is 8.93. The molecule has 4 aliphatic rings. The molecule has 37 heavy (non-hydrogen) atoms. The summed E-state index contributed by atoms with van der Waals surface area (Å²) in [5.41, 5.74) is 3.11. The highest BCUT2D eigenvalue weighted by atomic mass is 16.5. The van der Waals surface area contributed by atoms with Crippen molar-refractivity contribution in [3.8, 4) is 0 Å². The van der Waals surface area contributed by atoms with Gasteiger partial charge in [0.15, 0.2) is 12.4 Å². The number of fused-ring (bicyclic) bond motifs is 1. The van der Waals surface area contributed by atoms with Crippen LogP contribution in [0.5, 0.6) is 0 Å². The lowest BCUT2D eigenvalue weighted by Crippen LogP contribution is -2.56. The van der Waals surface area contributed by atoms with E-state index in [4.69, 9.17) is 4.74 Å². The molecular formula is C31H34N2O4. The molecule has 0 spiro atoms. The van der Waals surface area contributed by atoms with Crippen LogP contribution in [-0.4, -0.2) is 35.3 Å². The first kappa shape index (κ1) is 24.0. The first-order chi connectivity index (χ1) is 17.9. The van der Waals surface area contributed by atoms with Crippen molar-refractivity contribution in [3.05, 3.63) is 71.4 Å². The number of para-hydroxylation sites is 1. The van der Waals surface area contributed by atoms with Gasteiger partial charge in [0.05, 0.1) is 0 Å². The van der Waals surface area contributed by atoms with E-state index in [1.54, 1.807) is 12.1 Å². The van der Waals surface area contributed by atoms with Crippen molar-refractivity contribution in [2.75, 3.05) is 6.61 Å². The maximum absolute atomic E-state index is 13.8. The van der Waals surface area contributed by atoms with Crippen LogP contribution in [0.2, 0.25) is 0 Å². The Morgan fingerprint density at radius 2 is 1.62 bits per heavy atom. The Kier molecular flexibility index (Phi) is 6.13. The number of carbonyl (C=O) groups excluding carboxylic acids is 3. The number of ketones is 1. The average Bonchev–Trinajstić information content (AvgIpc) is 3.29. The minimum Gasteiger partial charge on any atom is -0.456 e. The van der Waals surface area contributed by atoms with Gasteiger partial charge in [-0.15, -0.1) is 0 Å². The normalized spacial score (nSPS) is 26.7. The van der Waals surface area contributed by atoms with E-state index in [-0.39, 0.29) is 23.7 Å². The van der Waals surface area contributed by atoms with E-state index in [0.717, 1.165) is 41.3 Å². The molecule has 0 saturated heterocycles. The molecule has 3 aromatic rings. The van der Waals surface area contributed by atoms with Crippen molar-refractivity contribution in [2.24, 2.45) is 23.2 Å². The Balaban J connectivity index is 1.20. The molecule has 1 heterocycles.